The first kappa shape index (κ1) is 39.1. The Labute approximate surface area is 287 Å². The van der Waals surface area contributed by atoms with Crippen molar-refractivity contribution in [3.63, 3.8) is 0 Å². The van der Waals surface area contributed by atoms with E-state index in [9.17, 15) is 10.00 Å². The molecule has 0 amide bonds. The van der Waals surface area contributed by atoms with Gasteiger partial charge in [-0.15, -0.1) is 0 Å². The minimum Gasteiger partial charge on any atom is -0.508 e. The van der Waals surface area contributed by atoms with Crippen LogP contribution in [0.25, 0.3) is 0 Å². The Morgan fingerprint density at radius 3 is 1.70 bits per heavy atom. The first-order chi connectivity index (χ1) is 22.2. The van der Waals surface area contributed by atoms with Crippen LogP contribution in [0, 0.1) is 11.3 Å². The van der Waals surface area contributed by atoms with Crippen molar-refractivity contribution in [1.82, 2.24) is 0 Å². The normalized spacial score (nSPS) is 21.2. The van der Waals surface area contributed by atoms with Gasteiger partial charge in [-0.3, -0.25) is 4.52 Å². The number of phenols is 1. The molecule has 0 aliphatic heterocycles. The van der Waals surface area contributed by atoms with Crippen LogP contribution in [0.15, 0.2) is 36.4 Å². The average Bonchev–Trinajstić information content (AvgIpc) is 3.01. The van der Waals surface area contributed by atoms with Gasteiger partial charge in [0.05, 0.1) is 0 Å². The fourth-order valence-corrected chi connectivity index (χ4v) is 7.75. The van der Waals surface area contributed by atoms with Gasteiger partial charge >= 0.3 is 8.60 Å². The van der Waals surface area contributed by atoms with Crippen molar-refractivity contribution < 1.29 is 20.4 Å². The molecule has 4 nitrogen and oxygen atoms in total. The van der Waals surface area contributed by atoms with Crippen LogP contribution in [-0.2, 0) is 15.4 Å². The van der Waals surface area contributed by atoms with Crippen LogP contribution in [0.1, 0.15) is 184 Å². The SMILES string of the molecule is [2H]CC(C)(C)c1c(OP(O)OC2(CCCCCCCCC)C=CC(CCCCCCCCC)(C(C)C)C=C2)ccc(O)c1C(C)(C)C. The van der Waals surface area contributed by atoms with Gasteiger partial charge in [0.1, 0.15) is 17.1 Å². The van der Waals surface area contributed by atoms with E-state index in [0.29, 0.717) is 11.7 Å². The maximum absolute atomic E-state index is 11.5. The van der Waals surface area contributed by atoms with Gasteiger partial charge in [-0.25, -0.2) is 0 Å². The molecule has 1 unspecified atom stereocenters. The highest BCUT2D eigenvalue weighted by Gasteiger charge is 2.39. The molecule has 0 aromatic heterocycles. The van der Waals surface area contributed by atoms with Gasteiger partial charge in [0.2, 0.25) is 0 Å². The van der Waals surface area contributed by atoms with Crippen molar-refractivity contribution in [2.24, 2.45) is 11.3 Å². The van der Waals surface area contributed by atoms with E-state index in [4.69, 9.17) is 10.4 Å². The van der Waals surface area contributed by atoms with E-state index in [0.717, 1.165) is 36.8 Å². The highest BCUT2D eigenvalue weighted by Crippen LogP contribution is 2.51. The Balaban J connectivity index is 2.31. The monoisotopic (exact) mass is 660 g/mol. The van der Waals surface area contributed by atoms with Crippen molar-refractivity contribution in [3.8, 4) is 11.5 Å². The molecule has 0 spiro atoms. The van der Waals surface area contributed by atoms with Gasteiger partial charge in [0.25, 0.3) is 0 Å². The molecule has 0 radical (unpaired) electrons. The number of benzene rings is 1. The lowest BCUT2D eigenvalue weighted by Gasteiger charge is -2.40. The average molecular weight is 660 g/mol. The van der Waals surface area contributed by atoms with Gasteiger partial charge in [0, 0.05) is 17.9 Å². The van der Waals surface area contributed by atoms with E-state index in [-0.39, 0.29) is 23.5 Å². The van der Waals surface area contributed by atoms with E-state index in [1.54, 1.807) is 12.1 Å². The fraction of sp³-hybridized carbons (Fsp3) is 0.756. The number of unbranched alkanes of at least 4 members (excludes halogenated alkanes) is 12. The van der Waals surface area contributed by atoms with Crippen molar-refractivity contribution in [3.05, 3.63) is 47.6 Å². The molecule has 46 heavy (non-hydrogen) atoms. The lowest BCUT2D eigenvalue weighted by Crippen LogP contribution is -2.34. The molecule has 1 aromatic carbocycles. The number of rotatable bonds is 21. The lowest BCUT2D eigenvalue weighted by molar-refractivity contribution is 0.127. The Morgan fingerprint density at radius 2 is 1.22 bits per heavy atom. The molecular weight excluding hydrogens is 587 g/mol. The summed E-state index contributed by atoms with van der Waals surface area (Å²) in [7, 11) is -2.30. The van der Waals surface area contributed by atoms with Crippen molar-refractivity contribution in [2.75, 3.05) is 0 Å². The van der Waals surface area contributed by atoms with E-state index in [1.165, 1.54) is 77.0 Å². The number of aromatic hydroxyl groups is 1. The molecule has 1 aliphatic carbocycles. The number of hydrogen-bond donors (Lipinski definition) is 2. The third kappa shape index (κ3) is 12.6. The molecule has 0 heterocycles. The van der Waals surface area contributed by atoms with E-state index in [2.05, 4.69) is 72.8 Å². The second kappa shape index (κ2) is 19.0. The summed E-state index contributed by atoms with van der Waals surface area (Å²) in [5, 5.41) is 10.9. The van der Waals surface area contributed by atoms with E-state index in [1.807, 2.05) is 13.8 Å². The van der Waals surface area contributed by atoms with Crippen LogP contribution >= 0.6 is 8.60 Å². The molecule has 1 atom stereocenters. The summed E-state index contributed by atoms with van der Waals surface area (Å²) in [6.07, 6.45) is 28.7. The summed E-state index contributed by atoms with van der Waals surface area (Å²) in [4.78, 5) is 11.5. The quantitative estimate of drug-likeness (QED) is 0.0783. The van der Waals surface area contributed by atoms with Gasteiger partial charge in [-0.1, -0.05) is 177 Å². The molecular formula is C41H71O4P. The van der Waals surface area contributed by atoms with Crippen LogP contribution in [0.3, 0.4) is 0 Å². The van der Waals surface area contributed by atoms with Gasteiger partial charge in [0.15, 0.2) is 0 Å². The zero-order valence-electron chi connectivity index (χ0n) is 32.2. The Hall–Kier alpha value is -1.35. The zero-order valence-corrected chi connectivity index (χ0v) is 32.1. The molecule has 264 valence electrons. The molecule has 1 aliphatic rings. The topological polar surface area (TPSA) is 58.9 Å². The third-order valence-electron chi connectivity index (χ3n) is 9.81. The Morgan fingerprint density at radius 1 is 0.717 bits per heavy atom. The fourth-order valence-electron chi connectivity index (χ4n) is 6.89. The van der Waals surface area contributed by atoms with Crippen molar-refractivity contribution in [1.29, 1.82) is 0 Å². The van der Waals surface area contributed by atoms with Crippen LogP contribution in [0.2, 0.25) is 0 Å². The van der Waals surface area contributed by atoms with E-state index >= 15 is 0 Å². The summed E-state index contributed by atoms with van der Waals surface area (Å²) in [5.74, 6) is 1.12. The second-order valence-corrected chi connectivity index (χ2v) is 16.9. The van der Waals surface area contributed by atoms with Gasteiger partial charge < -0.3 is 14.5 Å². The highest BCUT2D eigenvalue weighted by molar-refractivity contribution is 7.41. The molecule has 2 rings (SSSR count). The maximum atomic E-state index is 11.5. The van der Waals surface area contributed by atoms with Crippen molar-refractivity contribution in [2.45, 2.75) is 188 Å². The lowest BCUT2D eigenvalue weighted by atomic mass is 9.69. The van der Waals surface area contributed by atoms with Gasteiger partial charge in [-0.05, 0) is 48.1 Å². The van der Waals surface area contributed by atoms with Gasteiger partial charge in [-0.2, -0.15) is 0 Å². The molecule has 0 bridgehead atoms. The number of phenolic OH excluding ortho intramolecular Hbond substituents is 1. The molecule has 0 fully saturated rings. The first-order valence-corrected chi connectivity index (χ1v) is 19.7. The van der Waals surface area contributed by atoms with Crippen molar-refractivity contribution >= 4 is 8.60 Å². The molecule has 5 heteroatoms. The summed E-state index contributed by atoms with van der Waals surface area (Å²) in [5.41, 5.74) is -0.226. The minimum atomic E-state index is -2.30. The first-order valence-electron chi connectivity index (χ1n) is 19.3. The standard InChI is InChI=1S/C41H71O4P/c1-11-13-15-17-19-21-23-27-40(33(3)4)29-31-41(32-30-40,28-24-22-20-18-16-14-12-2)45-46(43)44-35-26-25-34(42)36(38(5,6)7)37(35)39(8,9)10/h25-26,29-33,42-43H,11-24,27-28H2,1-10H3/i8D. The number of allylic oxidation sites excluding steroid dienone is 2. The summed E-state index contributed by atoms with van der Waals surface area (Å²) < 4.78 is 21.1. The predicted molar refractivity (Wildman–Crippen MR) is 200 cm³/mol. The molecule has 2 N–H and O–H groups in total. The third-order valence-corrected chi connectivity index (χ3v) is 10.7. The zero-order chi connectivity index (χ0) is 35.1. The van der Waals surface area contributed by atoms with Crippen LogP contribution < -0.4 is 4.52 Å². The minimum absolute atomic E-state index is 0.0145. The summed E-state index contributed by atoms with van der Waals surface area (Å²) in [6, 6.07) is 3.35. The van der Waals surface area contributed by atoms with Crippen LogP contribution in [-0.4, -0.2) is 15.6 Å². The van der Waals surface area contributed by atoms with E-state index < -0.39 is 19.6 Å². The molecule has 0 saturated carbocycles. The summed E-state index contributed by atoms with van der Waals surface area (Å²) >= 11 is 0. The predicted octanol–water partition coefficient (Wildman–Crippen LogP) is 13.4. The van der Waals surface area contributed by atoms with Crippen LogP contribution in [0.5, 0.6) is 11.5 Å². The Bertz CT molecular complexity index is 1090. The molecule has 1 aromatic rings. The van der Waals surface area contributed by atoms with Crippen LogP contribution in [0.4, 0.5) is 0 Å². The second-order valence-electron chi connectivity index (χ2n) is 16.0. The molecule has 0 saturated heterocycles. The largest absolute Gasteiger partial charge is 0.508 e. The Kier molecular flexibility index (Phi) is 16.1. The highest BCUT2D eigenvalue weighted by atomic mass is 31.2. The maximum Gasteiger partial charge on any atom is 0.395 e. The number of hydrogen-bond acceptors (Lipinski definition) is 4. The summed E-state index contributed by atoms with van der Waals surface area (Å²) in [6.45, 7) is 19.4. The smallest absolute Gasteiger partial charge is 0.395 e.